The SMILES string of the molecule is CC(C)(N)C(=O)N1CCC[C@H]1CO. The van der Waals surface area contributed by atoms with Gasteiger partial charge in [-0.25, -0.2) is 0 Å². The molecule has 1 heterocycles. The monoisotopic (exact) mass is 186 g/mol. The number of rotatable bonds is 2. The molecule has 0 bridgehead atoms. The second-order valence-electron chi connectivity index (χ2n) is 4.20. The van der Waals surface area contributed by atoms with Gasteiger partial charge in [-0.1, -0.05) is 0 Å². The minimum atomic E-state index is -0.822. The first-order chi connectivity index (χ1) is 5.96. The molecule has 0 aromatic carbocycles. The normalized spacial score (nSPS) is 23.7. The second kappa shape index (κ2) is 3.64. The highest BCUT2D eigenvalue weighted by atomic mass is 16.3. The molecular weight excluding hydrogens is 168 g/mol. The molecule has 1 amide bonds. The number of carbonyl (C=O) groups excluding carboxylic acids is 1. The van der Waals surface area contributed by atoms with E-state index in [0.29, 0.717) is 0 Å². The molecule has 13 heavy (non-hydrogen) atoms. The number of amides is 1. The molecule has 0 spiro atoms. The van der Waals surface area contributed by atoms with Crippen molar-refractivity contribution in [2.75, 3.05) is 13.2 Å². The van der Waals surface area contributed by atoms with Gasteiger partial charge >= 0.3 is 0 Å². The Morgan fingerprint density at radius 1 is 1.69 bits per heavy atom. The van der Waals surface area contributed by atoms with Crippen molar-refractivity contribution in [2.24, 2.45) is 5.73 Å². The number of likely N-dealkylation sites (tertiary alicyclic amines) is 1. The Bertz CT molecular complexity index is 198. The van der Waals surface area contributed by atoms with Crippen LogP contribution in [0.2, 0.25) is 0 Å². The van der Waals surface area contributed by atoms with Gasteiger partial charge in [0.05, 0.1) is 18.2 Å². The Hall–Kier alpha value is -0.610. The van der Waals surface area contributed by atoms with Gasteiger partial charge in [0.2, 0.25) is 5.91 Å². The van der Waals surface area contributed by atoms with Crippen LogP contribution in [-0.2, 0) is 4.79 Å². The highest BCUT2D eigenvalue weighted by Crippen LogP contribution is 2.19. The van der Waals surface area contributed by atoms with Crippen LogP contribution in [0.15, 0.2) is 0 Å². The van der Waals surface area contributed by atoms with Gasteiger partial charge in [-0.05, 0) is 26.7 Å². The summed E-state index contributed by atoms with van der Waals surface area (Å²) in [6.45, 7) is 4.16. The van der Waals surface area contributed by atoms with Crippen molar-refractivity contribution in [2.45, 2.75) is 38.3 Å². The van der Waals surface area contributed by atoms with Crippen molar-refractivity contribution in [1.29, 1.82) is 0 Å². The summed E-state index contributed by atoms with van der Waals surface area (Å²) in [6, 6.07) is -0.0182. The van der Waals surface area contributed by atoms with Crippen molar-refractivity contribution >= 4 is 5.91 Å². The molecular formula is C9H18N2O2. The van der Waals surface area contributed by atoms with Crippen molar-refractivity contribution in [1.82, 2.24) is 4.90 Å². The van der Waals surface area contributed by atoms with Gasteiger partial charge in [-0.2, -0.15) is 0 Å². The fourth-order valence-electron chi connectivity index (χ4n) is 1.66. The quantitative estimate of drug-likeness (QED) is 0.622. The number of nitrogens with two attached hydrogens (primary N) is 1. The van der Waals surface area contributed by atoms with Gasteiger partial charge in [0.15, 0.2) is 0 Å². The van der Waals surface area contributed by atoms with E-state index >= 15 is 0 Å². The van der Waals surface area contributed by atoms with Crippen molar-refractivity contribution in [3.8, 4) is 0 Å². The van der Waals surface area contributed by atoms with E-state index in [1.165, 1.54) is 0 Å². The lowest BCUT2D eigenvalue weighted by molar-refractivity contribution is -0.137. The zero-order chi connectivity index (χ0) is 10.1. The smallest absolute Gasteiger partial charge is 0.242 e. The number of carbonyl (C=O) groups is 1. The van der Waals surface area contributed by atoms with Gasteiger partial charge in [0.25, 0.3) is 0 Å². The topological polar surface area (TPSA) is 66.6 Å². The minimum Gasteiger partial charge on any atom is -0.394 e. The Kier molecular flexibility index (Phi) is 2.93. The first kappa shape index (κ1) is 10.5. The van der Waals surface area contributed by atoms with Crippen LogP contribution < -0.4 is 5.73 Å². The van der Waals surface area contributed by atoms with Crippen LogP contribution in [0, 0.1) is 0 Å². The van der Waals surface area contributed by atoms with Gasteiger partial charge in [0.1, 0.15) is 0 Å². The lowest BCUT2D eigenvalue weighted by Gasteiger charge is -2.29. The van der Waals surface area contributed by atoms with E-state index in [1.807, 2.05) is 0 Å². The van der Waals surface area contributed by atoms with Gasteiger partial charge in [0, 0.05) is 6.54 Å². The summed E-state index contributed by atoms with van der Waals surface area (Å²) in [7, 11) is 0. The molecule has 4 nitrogen and oxygen atoms in total. The number of nitrogens with zero attached hydrogens (tertiary/aromatic N) is 1. The maximum absolute atomic E-state index is 11.7. The van der Waals surface area contributed by atoms with Crippen molar-refractivity contribution in [3.63, 3.8) is 0 Å². The second-order valence-corrected chi connectivity index (χ2v) is 4.20. The van der Waals surface area contributed by atoms with E-state index in [9.17, 15) is 4.79 Å². The van der Waals surface area contributed by atoms with Crippen LogP contribution in [0.3, 0.4) is 0 Å². The van der Waals surface area contributed by atoms with E-state index in [0.717, 1.165) is 19.4 Å². The summed E-state index contributed by atoms with van der Waals surface area (Å²) in [4.78, 5) is 13.4. The third kappa shape index (κ3) is 2.19. The van der Waals surface area contributed by atoms with Gasteiger partial charge in [-0.15, -0.1) is 0 Å². The molecule has 1 aliphatic rings. The van der Waals surface area contributed by atoms with Crippen LogP contribution in [-0.4, -0.2) is 40.6 Å². The van der Waals surface area contributed by atoms with Crippen LogP contribution in [0.4, 0.5) is 0 Å². The summed E-state index contributed by atoms with van der Waals surface area (Å²) in [6.07, 6.45) is 1.85. The molecule has 0 aliphatic carbocycles. The molecule has 4 heteroatoms. The van der Waals surface area contributed by atoms with Gasteiger partial charge < -0.3 is 15.7 Å². The molecule has 0 unspecified atom stereocenters. The van der Waals surface area contributed by atoms with E-state index in [1.54, 1.807) is 18.7 Å². The molecule has 1 atom stereocenters. The fourth-order valence-corrected chi connectivity index (χ4v) is 1.66. The summed E-state index contributed by atoms with van der Waals surface area (Å²) >= 11 is 0. The third-order valence-electron chi connectivity index (χ3n) is 2.40. The van der Waals surface area contributed by atoms with Crippen molar-refractivity contribution in [3.05, 3.63) is 0 Å². The molecule has 1 rings (SSSR count). The first-order valence-electron chi connectivity index (χ1n) is 4.67. The molecule has 76 valence electrons. The maximum atomic E-state index is 11.7. The van der Waals surface area contributed by atoms with Crippen LogP contribution in [0.25, 0.3) is 0 Å². The van der Waals surface area contributed by atoms with E-state index in [4.69, 9.17) is 10.8 Å². The van der Waals surface area contributed by atoms with Crippen LogP contribution in [0.1, 0.15) is 26.7 Å². The summed E-state index contributed by atoms with van der Waals surface area (Å²) in [5, 5.41) is 9.02. The van der Waals surface area contributed by atoms with Gasteiger partial charge in [-0.3, -0.25) is 4.79 Å². The van der Waals surface area contributed by atoms with E-state index < -0.39 is 5.54 Å². The van der Waals surface area contributed by atoms with Crippen LogP contribution >= 0.6 is 0 Å². The zero-order valence-corrected chi connectivity index (χ0v) is 8.29. The molecule has 0 aromatic rings. The largest absolute Gasteiger partial charge is 0.394 e. The van der Waals surface area contributed by atoms with Crippen LogP contribution in [0.5, 0.6) is 0 Å². The standard InChI is InChI=1S/C9H18N2O2/c1-9(2,10)8(13)11-5-3-4-7(11)6-12/h7,12H,3-6,10H2,1-2H3/t7-/m0/s1. The summed E-state index contributed by atoms with van der Waals surface area (Å²) in [5.41, 5.74) is 4.88. The summed E-state index contributed by atoms with van der Waals surface area (Å²) in [5.74, 6) is -0.0657. The fraction of sp³-hybridized carbons (Fsp3) is 0.889. The molecule has 0 radical (unpaired) electrons. The molecule has 0 saturated carbocycles. The molecule has 1 aliphatic heterocycles. The molecule has 3 N–H and O–H groups in total. The average molecular weight is 186 g/mol. The third-order valence-corrected chi connectivity index (χ3v) is 2.40. The molecule has 1 saturated heterocycles. The Labute approximate surface area is 78.7 Å². The van der Waals surface area contributed by atoms with E-state index in [-0.39, 0.29) is 18.6 Å². The predicted octanol–water partition coefficient (Wildman–Crippen LogP) is -0.293. The minimum absolute atomic E-state index is 0.0182. The summed E-state index contributed by atoms with van der Waals surface area (Å²) < 4.78 is 0. The number of aliphatic hydroxyl groups is 1. The van der Waals surface area contributed by atoms with E-state index in [2.05, 4.69) is 0 Å². The average Bonchev–Trinajstić information content (AvgIpc) is 2.48. The number of hydrogen-bond acceptors (Lipinski definition) is 3. The molecule has 1 fully saturated rings. The number of hydrogen-bond donors (Lipinski definition) is 2. The Morgan fingerprint density at radius 3 is 2.77 bits per heavy atom. The zero-order valence-electron chi connectivity index (χ0n) is 8.29. The first-order valence-corrected chi connectivity index (χ1v) is 4.67. The van der Waals surface area contributed by atoms with Crippen molar-refractivity contribution < 1.29 is 9.90 Å². The highest BCUT2D eigenvalue weighted by molar-refractivity contribution is 5.85. The maximum Gasteiger partial charge on any atom is 0.242 e. The predicted molar refractivity (Wildman–Crippen MR) is 50.1 cm³/mol. The molecule has 0 aromatic heterocycles. The lowest BCUT2D eigenvalue weighted by Crippen LogP contribution is -2.53. The lowest BCUT2D eigenvalue weighted by atomic mass is 10.1. The number of aliphatic hydroxyl groups excluding tert-OH is 1. The Morgan fingerprint density at radius 2 is 2.31 bits per heavy atom. The highest BCUT2D eigenvalue weighted by Gasteiger charge is 2.34. The Balaban J connectivity index is 2.66.